The number of carbonyl (C=O) groups excluding carboxylic acids is 1. The summed E-state index contributed by atoms with van der Waals surface area (Å²) in [7, 11) is 0. The Hall–Kier alpha value is -3.96. The fourth-order valence-electron chi connectivity index (χ4n) is 2.73. The maximum atomic E-state index is 12.1. The van der Waals surface area contributed by atoms with E-state index in [2.05, 4.69) is 11.1 Å². The molecule has 0 aliphatic heterocycles. The minimum absolute atomic E-state index is 0.00688. The Balaban J connectivity index is 1.71. The zero-order chi connectivity index (χ0) is 24.0. The summed E-state index contributed by atoms with van der Waals surface area (Å²) in [6, 6.07) is 17.0. The van der Waals surface area contributed by atoms with E-state index in [1.54, 1.807) is 36.5 Å². The van der Waals surface area contributed by atoms with Crippen LogP contribution in [0.2, 0.25) is 0 Å². The van der Waals surface area contributed by atoms with Gasteiger partial charge >= 0.3 is 5.97 Å². The summed E-state index contributed by atoms with van der Waals surface area (Å²) in [6.07, 6.45) is 5.34. The monoisotopic (exact) mass is 459 g/mol. The van der Waals surface area contributed by atoms with Crippen molar-refractivity contribution >= 4 is 35.6 Å². The first kappa shape index (κ1) is 23.7. The third-order valence-corrected chi connectivity index (χ3v) is 5.29. The smallest absolute Gasteiger partial charge is 0.338 e. The predicted octanol–water partition coefficient (Wildman–Crippen LogP) is 6.14. The van der Waals surface area contributed by atoms with E-state index in [4.69, 9.17) is 4.74 Å². The van der Waals surface area contributed by atoms with E-state index >= 15 is 0 Å². The zero-order valence-corrected chi connectivity index (χ0v) is 19.1. The molecule has 2 aromatic carbocycles. The largest absolute Gasteiger partial charge is 0.456 e. The first-order chi connectivity index (χ1) is 15.6. The summed E-state index contributed by atoms with van der Waals surface area (Å²) in [5.41, 5.74) is 1.96. The summed E-state index contributed by atoms with van der Waals surface area (Å²) in [5, 5.41) is 20.8. The highest BCUT2D eigenvalue weighted by Crippen LogP contribution is 2.30. The Morgan fingerprint density at radius 3 is 2.30 bits per heavy atom. The Labute approximate surface area is 195 Å². The first-order valence-electron chi connectivity index (χ1n) is 9.98. The molecule has 3 aromatic rings. The van der Waals surface area contributed by atoms with Crippen LogP contribution in [0.1, 0.15) is 47.8 Å². The van der Waals surface area contributed by atoms with Gasteiger partial charge in [-0.15, -0.1) is 0 Å². The van der Waals surface area contributed by atoms with E-state index in [9.17, 15) is 20.2 Å². The molecule has 0 bridgehead atoms. The lowest BCUT2D eigenvalue weighted by Crippen LogP contribution is -2.23. The molecule has 0 N–H and O–H groups in total. The van der Waals surface area contributed by atoms with E-state index in [0.29, 0.717) is 16.2 Å². The van der Waals surface area contributed by atoms with Crippen molar-refractivity contribution in [2.75, 3.05) is 0 Å². The second kappa shape index (κ2) is 10.1. The van der Waals surface area contributed by atoms with Gasteiger partial charge in [-0.05, 0) is 62.2 Å². The quantitative estimate of drug-likeness (QED) is 0.248. The van der Waals surface area contributed by atoms with Crippen LogP contribution >= 0.6 is 11.8 Å². The molecule has 3 rings (SSSR count). The van der Waals surface area contributed by atoms with Crippen molar-refractivity contribution in [3.63, 3.8) is 0 Å². The highest BCUT2D eigenvalue weighted by atomic mass is 32.2. The number of ether oxygens (including phenoxy) is 1. The van der Waals surface area contributed by atoms with Gasteiger partial charge in [-0.1, -0.05) is 36.0 Å². The zero-order valence-electron chi connectivity index (χ0n) is 18.3. The molecule has 0 atom stereocenters. The van der Waals surface area contributed by atoms with Crippen LogP contribution in [0.25, 0.3) is 12.2 Å². The van der Waals surface area contributed by atoms with Gasteiger partial charge in [0.15, 0.2) is 0 Å². The number of pyridine rings is 1. The van der Waals surface area contributed by atoms with E-state index in [1.165, 1.54) is 23.9 Å². The number of hydrogen-bond acceptors (Lipinski definition) is 7. The SMILES string of the molecule is CC(C)(C)OC(=O)c1ccc(C=Cc2cnc(Sc3ccc([N+](=O)[O-])cc3)c(C#N)c2)cc1. The van der Waals surface area contributed by atoms with Gasteiger partial charge in [0.2, 0.25) is 0 Å². The van der Waals surface area contributed by atoms with Crippen molar-refractivity contribution in [3.8, 4) is 6.07 Å². The lowest BCUT2D eigenvalue weighted by Gasteiger charge is -2.19. The van der Waals surface area contributed by atoms with Crippen LogP contribution in [0.3, 0.4) is 0 Å². The Kier molecular flexibility index (Phi) is 7.26. The molecule has 0 fully saturated rings. The number of esters is 1. The standard InChI is InChI=1S/C25H21N3O4S/c1-25(2,3)32-24(29)19-8-6-17(7-9-19)4-5-18-14-20(15-26)23(27-16-18)33-22-12-10-21(11-13-22)28(30)31/h4-14,16H,1-3H3. The molecular formula is C25H21N3O4S. The van der Waals surface area contributed by atoms with Crippen molar-refractivity contribution in [2.45, 2.75) is 36.3 Å². The van der Waals surface area contributed by atoms with Crippen LogP contribution < -0.4 is 0 Å². The molecule has 0 aliphatic rings. The van der Waals surface area contributed by atoms with Crippen LogP contribution in [0.15, 0.2) is 70.7 Å². The molecule has 0 amide bonds. The van der Waals surface area contributed by atoms with Gasteiger partial charge in [-0.2, -0.15) is 5.26 Å². The van der Waals surface area contributed by atoms with Gasteiger partial charge in [0, 0.05) is 23.2 Å². The second-order valence-corrected chi connectivity index (χ2v) is 9.11. The van der Waals surface area contributed by atoms with Gasteiger partial charge in [-0.25, -0.2) is 9.78 Å². The highest BCUT2D eigenvalue weighted by molar-refractivity contribution is 7.99. The van der Waals surface area contributed by atoms with Gasteiger partial charge in [0.05, 0.1) is 16.1 Å². The fourth-order valence-corrected chi connectivity index (χ4v) is 3.54. The van der Waals surface area contributed by atoms with Crippen molar-refractivity contribution in [2.24, 2.45) is 0 Å². The van der Waals surface area contributed by atoms with E-state index in [-0.39, 0.29) is 11.7 Å². The summed E-state index contributed by atoms with van der Waals surface area (Å²) >= 11 is 1.27. The fraction of sp³-hybridized carbons (Fsp3) is 0.160. The van der Waals surface area contributed by atoms with Gasteiger partial charge in [0.25, 0.3) is 5.69 Å². The lowest BCUT2D eigenvalue weighted by atomic mass is 10.1. The Bertz CT molecular complexity index is 1240. The number of nitriles is 1. The van der Waals surface area contributed by atoms with E-state index in [0.717, 1.165) is 16.0 Å². The normalized spacial score (nSPS) is 11.2. The van der Waals surface area contributed by atoms with Crippen LogP contribution in [-0.2, 0) is 4.74 Å². The molecule has 0 saturated carbocycles. The van der Waals surface area contributed by atoms with Crippen LogP contribution in [0, 0.1) is 21.4 Å². The summed E-state index contributed by atoms with van der Waals surface area (Å²) in [5.74, 6) is -0.373. The average molecular weight is 460 g/mol. The van der Waals surface area contributed by atoms with Crippen molar-refractivity contribution in [3.05, 3.63) is 93.2 Å². The van der Waals surface area contributed by atoms with Crippen LogP contribution in [-0.4, -0.2) is 21.5 Å². The van der Waals surface area contributed by atoms with Gasteiger partial charge in [0.1, 0.15) is 16.7 Å². The van der Waals surface area contributed by atoms with Crippen molar-refractivity contribution < 1.29 is 14.5 Å². The van der Waals surface area contributed by atoms with Crippen LogP contribution in [0.4, 0.5) is 5.69 Å². The molecular weight excluding hydrogens is 438 g/mol. The number of aromatic nitrogens is 1. The van der Waals surface area contributed by atoms with E-state index < -0.39 is 10.5 Å². The maximum Gasteiger partial charge on any atom is 0.338 e. The molecule has 33 heavy (non-hydrogen) atoms. The molecule has 1 aromatic heterocycles. The molecule has 0 radical (unpaired) electrons. The third-order valence-electron chi connectivity index (χ3n) is 4.27. The third kappa shape index (κ3) is 6.76. The summed E-state index contributed by atoms with van der Waals surface area (Å²) in [6.45, 7) is 5.46. The molecule has 166 valence electrons. The van der Waals surface area contributed by atoms with E-state index in [1.807, 2.05) is 45.1 Å². The first-order valence-corrected chi connectivity index (χ1v) is 10.8. The predicted molar refractivity (Wildman–Crippen MR) is 127 cm³/mol. The molecule has 0 aliphatic carbocycles. The van der Waals surface area contributed by atoms with Gasteiger partial charge < -0.3 is 4.74 Å². The number of nitrogens with zero attached hydrogens (tertiary/aromatic N) is 3. The molecule has 7 nitrogen and oxygen atoms in total. The number of nitro benzene ring substituents is 1. The minimum Gasteiger partial charge on any atom is -0.456 e. The summed E-state index contributed by atoms with van der Waals surface area (Å²) < 4.78 is 5.36. The molecule has 0 unspecified atom stereocenters. The lowest BCUT2D eigenvalue weighted by molar-refractivity contribution is -0.384. The topological polar surface area (TPSA) is 106 Å². The molecule has 1 heterocycles. The Morgan fingerprint density at radius 1 is 1.09 bits per heavy atom. The van der Waals surface area contributed by atoms with Crippen molar-refractivity contribution in [1.82, 2.24) is 4.98 Å². The van der Waals surface area contributed by atoms with Gasteiger partial charge in [-0.3, -0.25) is 10.1 Å². The second-order valence-electron chi connectivity index (χ2n) is 8.04. The van der Waals surface area contributed by atoms with Crippen LogP contribution in [0.5, 0.6) is 0 Å². The minimum atomic E-state index is -0.552. The maximum absolute atomic E-state index is 12.1. The Morgan fingerprint density at radius 2 is 1.73 bits per heavy atom. The average Bonchev–Trinajstić information content (AvgIpc) is 2.78. The number of carbonyl (C=O) groups is 1. The number of nitro groups is 1. The molecule has 0 saturated heterocycles. The summed E-state index contributed by atoms with van der Waals surface area (Å²) in [4.78, 5) is 27.6. The number of hydrogen-bond donors (Lipinski definition) is 0. The number of rotatable bonds is 6. The number of benzene rings is 2. The molecule has 0 spiro atoms. The van der Waals surface area contributed by atoms with Crippen molar-refractivity contribution in [1.29, 1.82) is 5.26 Å². The highest BCUT2D eigenvalue weighted by Gasteiger charge is 2.17. The molecule has 8 heteroatoms. The number of non-ortho nitro benzene ring substituents is 1.